The van der Waals surface area contributed by atoms with E-state index in [2.05, 4.69) is 15.3 Å². The van der Waals surface area contributed by atoms with Crippen molar-refractivity contribution >= 4 is 40.7 Å². The highest BCUT2D eigenvalue weighted by atomic mass is 35.5. The number of thioether (sulfide) groups is 1. The van der Waals surface area contributed by atoms with E-state index in [1.165, 1.54) is 16.4 Å². The third kappa shape index (κ3) is 4.13. The summed E-state index contributed by atoms with van der Waals surface area (Å²) in [5.74, 6) is 0.320. The Bertz CT molecular complexity index is 865. The number of hydrogen-bond acceptors (Lipinski definition) is 9. The van der Waals surface area contributed by atoms with Crippen LogP contribution in [-0.4, -0.2) is 76.8 Å². The van der Waals surface area contributed by atoms with Crippen LogP contribution in [0.5, 0.6) is 0 Å². The molecule has 0 spiro atoms. The van der Waals surface area contributed by atoms with E-state index >= 15 is 0 Å². The molecule has 2 heterocycles. The van der Waals surface area contributed by atoms with Gasteiger partial charge in [-0.05, 0) is 12.1 Å². The molecule has 0 unspecified atom stereocenters. The second kappa shape index (κ2) is 8.41. The average Bonchev–Trinajstić information content (AvgIpc) is 3.08. The summed E-state index contributed by atoms with van der Waals surface area (Å²) < 4.78 is 1.24. The van der Waals surface area contributed by atoms with E-state index in [0.717, 1.165) is 0 Å². The van der Waals surface area contributed by atoms with E-state index in [4.69, 9.17) is 28.3 Å². The van der Waals surface area contributed by atoms with Crippen molar-refractivity contribution < 1.29 is 25.5 Å². The average molecular weight is 435 g/mol. The molecule has 0 bridgehead atoms. The van der Waals surface area contributed by atoms with Crippen molar-refractivity contribution in [3.05, 3.63) is 39.6 Å². The normalized spacial score (nSPS) is 18.4. The molecule has 27 heavy (non-hydrogen) atoms. The molecular formula is C15H16Cl2N4O5S. The molecule has 12 heteroatoms. The zero-order valence-corrected chi connectivity index (χ0v) is 16.0. The second-order valence-corrected chi connectivity index (χ2v) is 7.57. The van der Waals surface area contributed by atoms with Crippen molar-refractivity contribution in [2.75, 3.05) is 12.4 Å². The van der Waals surface area contributed by atoms with Crippen molar-refractivity contribution in [2.45, 2.75) is 29.6 Å². The first-order chi connectivity index (χ1) is 12.8. The van der Waals surface area contributed by atoms with Crippen LogP contribution in [0.3, 0.4) is 0 Å². The summed E-state index contributed by atoms with van der Waals surface area (Å²) in [5.41, 5.74) is 1.22. The Labute approximate surface area is 167 Å². The van der Waals surface area contributed by atoms with Gasteiger partial charge in [0.05, 0.1) is 17.3 Å². The molecule has 0 fully saturated rings. The van der Waals surface area contributed by atoms with Crippen LogP contribution in [0.15, 0.2) is 28.5 Å². The number of fused-ring (bicyclic) bond motifs is 1. The monoisotopic (exact) mass is 434 g/mol. The molecule has 1 aliphatic heterocycles. The first kappa shape index (κ1) is 20.5. The molecule has 4 atom stereocenters. The first-order valence-electron chi connectivity index (χ1n) is 7.78. The van der Waals surface area contributed by atoms with Crippen LogP contribution in [0.2, 0.25) is 10.0 Å². The highest BCUT2D eigenvalue weighted by Crippen LogP contribution is 2.30. The van der Waals surface area contributed by atoms with E-state index in [9.17, 15) is 20.4 Å². The number of aliphatic hydroxyl groups is 5. The number of halogens is 2. The zero-order chi connectivity index (χ0) is 19.7. The Balaban J connectivity index is 1.93. The number of nitrogens with zero attached hydrogens (tertiary/aromatic N) is 4. The highest BCUT2D eigenvalue weighted by molar-refractivity contribution is 7.99. The minimum Gasteiger partial charge on any atom is -0.394 e. The van der Waals surface area contributed by atoms with Gasteiger partial charge in [-0.3, -0.25) is 0 Å². The van der Waals surface area contributed by atoms with Crippen molar-refractivity contribution in [3.8, 4) is 0 Å². The fraction of sp³-hybridized carbons (Fsp3) is 0.400. The summed E-state index contributed by atoms with van der Waals surface area (Å²) >= 11 is 13.4. The van der Waals surface area contributed by atoms with E-state index in [1.807, 2.05) is 0 Å². The van der Waals surface area contributed by atoms with Crippen LogP contribution < -0.4 is 0 Å². The molecule has 0 saturated heterocycles. The molecule has 2 aromatic rings. The van der Waals surface area contributed by atoms with Crippen molar-refractivity contribution in [2.24, 2.45) is 5.10 Å². The summed E-state index contributed by atoms with van der Waals surface area (Å²) in [6, 6.07) is 4.97. The fourth-order valence-corrected chi connectivity index (χ4v) is 3.81. The van der Waals surface area contributed by atoms with Gasteiger partial charge in [0.1, 0.15) is 24.4 Å². The van der Waals surface area contributed by atoms with Gasteiger partial charge in [-0.25, -0.2) is 0 Å². The first-order valence-corrected chi connectivity index (χ1v) is 9.52. The minimum absolute atomic E-state index is 0.128. The second-order valence-electron chi connectivity index (χ2n) is 5.79. The highest BCUT2D eigenvalue weighted by Gasteiger charge is 2.35. The maximum absolute atomic E-state index is 10.3. The van der Waals surface area contributed by atoms with E-state index in [0.29, 0.717) is 32.2 Å². The van der Waals surface area contributed by atoms with E-state index < -0.39 is 31.0 Å². The lowest BCUT2D eigenvalue weighted by Crippen LogP contribution is -2.43. The van der Waals surface area contributed by atoms with Crippen LogP contribution in [0, 0.1) is 0 Å². The molecule has 0 amide bonds. The Morgan fingerprint density at radius 2 is 1.85 bits per heavy atom. The maximum atomic E-state index is 10.3. The van der Waals surface area contributed by atoms with Gasteiger partial charge < -0.3 is 25.5 Å². The van der Waals surface area contributed by atoms with Crippen LogP contribution in [0.1, 0.15) is 17.5 Å². The third-order valence-corrected chi connectivity index (χ3v) is 5.43. The van der Waals surface area contributed by atoms with Crippen LogP contribution in [0.25, 0.3) is 0 Å². The van der Waals surface area contributed by atoms with Crippen molar-refractivity contribution in [1.29, 1.82) is 0 Å². The largest absolute Gasteiger partial charge is 0.394 e. The molecule has 1 aromatic heterocycles. The van der Waals surface area contributed by atoms with Gasteiger partial charge in [0.15, 0.2) is 5.82 Å². The number of benzene rings is 1. The Kier molecular flexibility index (Phi) is 6.39. The topological polar surface area (TPSA) is 144 Å². The van der Waals surface area contributed by atoms with E-state index in [-0.39, 0.29) is 5.82 Å². The Morgan fingerprint density at radius 1 is 1.11 bits per heavy atom. The van der Waals surface area contributed by atoms with Gasteiger partial charge in [0.2, 0.25) is 5.16 Å². The Hall–Kier alpha value is -1.24. The predicted octanol–water partition coefficient (Wildman–Crippen LogP) is 0.0514. The molecule has 5 N–H and O–H groups in total. The van der Waals surface area contributed by atoms with Crippen molar-refractivity contribution in [1.82, 2.24) is 14.9 Å². The summed E-state index contributed by atoms with van der Waals surface area (Å²) in [5, 5.41) is 61.9. The quantitative estimate of drug-likeness (QED) is 0.428. The molecule has 0 aliphatic carbocycles. The SMILES string of the molecule is OC[C@@H](O)[C@@H](O)[C@H](O)[C@@H](O)c1nnc2n1N=C(c1ccc(Cl)cc1Cl)CS2. The molecule has 0 radical (unpaired) electrons. The molecular weight excluding hydrogens is 419 g/mol. The van der Waals surface area contributed by atoms with Crippen LogP contribution in [0.4, 0.5) is 0 Å². The summed E-state index contributed by atoms with van der Waals surface area (Å²) in [6.07, 6.45) is -6.93. The van der Waals surface area contributed by atoms with Crippen LogP contribution >= 0.6 is 35.0 Å². The predicted molar refractivity (Wildman–Crippen MR) is 99.2 cm³/mol. The molecule has 0 saturated carbocycles. The van der Waals surface area contributed by atoms with Gasteiger partial charge in [0, 0.05) is 16.3 Å². The molecule has 1 aliphatic rings. The van der Waals surface area contributed by atoms with Crippen molar-refractivity contribution in [3.63, 3.8) is 0 Å². The zero-order valence-electron chi connectivity index (χ0n) is 13.6. The lowest BCUT2D eigenvalue weighted by Gasteiger charge is -2.25. The molecule has 1 aromatic carbocycles. The number of aromatic nitrogens is 3. The molecule has 3 rings (SSSR count). The number of aliphatic hydroxyl groups excluding tert-OH is 5. The van der Waals surface area contributed by atoms with Gasteiger partial charge in [-0.2, -0.15) is 9.78 Å². The standard InChI is InChI=1S/C15H16Cl2N4O5S/c16-6-1-2-7(8(17)3-6)9-5-27-15-19-18-14(21(15)20-9)13(26)12(25)11(24)10(23)4-22/h1-3,10-13,22-26H,4-5H2/t10-,11-,12+,13-/m1/s1. The number of rotatable bonds is 6. The Morgan fingerprint density at radius 3 is 2.52 bits per heavy atom. The fourth-order valence-electron chi connectivity index (χ4n) is 2.46. The summed E-state index contributed by atoms with van der Waals surface area (Å²) in [4.78, 5) is 0. The van der Waals surface area contributed by atoms with Gasteiger partial charge in [0.25, 0.3) is 0 Å². The van der Waals surface area contributed by atoms with Gasteiger partial charge in [-0.1, -0.05) is 41.0 Å². The molecule has 146 valence electrons. The maximum Gasteiger partial charge on any atom is 0.212 e. The lowest BCUT2D eigenvalue weighted by molar-refractivity contribution is -0.118. The number of hydrogen-bond donors (Lipinski definition) is 5. The van der Waals surface area contributed by atoms with Gasteiger partial charge >= 0.3 is 0 Å². The summed E-state index contributed by atoms with van der Waals surface area (Å²) in [7, 11) is 0. The summed E-state index contributed by atoms with van der Waals surface area (Å²) in [6.45, 7) is -0.782. The van der Waals surface area contributed by atoms with E-state index in [1.54, 1.807) is 18.2 Å². The van der Waals surface area contributed by atoms with Gasteiger partial charge in [-0.15, -0.1) is 10.2 Å². The third-order valence-electron chi connectivity index (χ3n) is 3.96. The smallest absolute Gasteiger partial charge is 0.212 e. The lowest BCUT2D eigenvalue weighted by atomic mass is 10.0. The van der Waals surface area contributed by atoms with Crippen LogP contribution in [-0.2, 0) is 0 Å². The molecule has 9 nitrogen and oxygen atoms in total. The minimum atomic E-state index is -1.81.